The lowest BCUT2D eigenvalue weighted by Gasteiger charge is -2.35. The summed E-state index contributed by atoms with van der Waals surface area (Å²) in [4.78, 5) is 26.9. The number of thioether (sulfide) groups is 1. The molecule has 1 N–H and O–H groups in total. The molecule has 1 saturated heterocycles. The van der Waals surface area contributed by atoms with E-state index in [1.54, 1.807) is 39.9 Å². The summed E-state index contributed by atoms with van der Waals surface area (Å²) in [5.74, 6) is -0.173. The molecule has 0 radical (unpaired) electrons. The summed E-state index contributed by atoms with van der Waals surface area (Å²) in [6.07, 6.45) is 11.8. The van der Waals surface area contributed by atoms with Crippen LogP contribution in [0.2, 0.25) is 0 Å². The zero-order valence-corrected chi connectivity index (χ0v) is 22.9. The quantitative estimate of drug-likeness (QED) is 0.241. The Kier molecular flexibility index (Phi) is 8.01. The van der Waals surface area contributed by atoms with Crippen molar-refractivity contribution < 1.29 is 13.6 Å². The molecule has 2 aliphatic rings. The van der Waals surface area contributed by atoms with Gasteiger partial charge in [-0.3, -0.25) is 4.79 Å². The van der Waals surface area contributed by atoms with Crippen molar-refractivity contribution in [2.75, 3.05) is 12.3 Å². The molecule has 1 aliphatic heterocycles. The highest BCUT2D eigenvalue weighted by atomic mass is 32.2. The topological polar surface area (TPSA) is 95.8 Å². The maximum atomic E-state index is 13.3. The highest BCUT2D eigenvalue weighted by Gasteiger charge is 2.29. The van der Waals surface area contributed by atoms with E-state index in [-0.39, 0.29) is 17.7 Å². The van der Waals surface area contributed by atoms with Gasteiger partial charge in [0.05, 0.1) is 21.7 Å². The second-order valence-electron chi connectivity index (χ2n) is 8.86. The van der Waals surface area contributed by atoms with Gasteiger partial charge >= 0.3 is 0 Å². The number of aromatic nitrogens is 2. The minimum absolute atomic E-state index is 0.105. The third-order valence-electron chi connectivity index (χ3n) is 6.51. The van der Waals surface area contributed by atoms with E-state index < -0.39 is 9.99 Å². The number of carbonyl (C=O) groups is 1. The van der Waals surface area contributed by atoms with E-state index in [2.05, 4.69) is 27.3 Å². The average Bonchev–Trinajstić information content (AvgIpc) is 3.37. The number of nitrogens with zero attached hydrogens (tertiary/aromatic N) is 4. The third kappa shape index (κ3) is 5.63. The molecule has 37 heavy (non-hydrogen) atoms. The summed E-state index contributed by atoms with van der Waals surface area (Å²) in [6, 6.07) is 10.2. The van der Waals surface area contributed by atoms with Crippen molar-refractivity contribution in [1.29, 1.82) is 0 Å². The van der Waals surface area contributed by atoms with Gasteiger partial charge < -0.3 is 4.55 Å². The summed E-state index contributed by atoms with van der Waals surface area (Å²) in [6.45, 7) is 2.67. The highest BCUT2D eigenvalue weighted by molar-refractivity contribution is 8.00. The molecule has 2 aromatic heterocycles. The van der Waals surface area contributed by atoms with Crippen LogP contribution in [0.25, 0.3) is 21.3 Å². The van der Waals surface area contributed by atoms with Crippen LogP contribution in [0.15, 0.2) is 76.4 Å². The molecule has 1 unspecified atom stereocenters. The van der Waals surface area contributed by atoms with Gasteiger partial charge in [-0.2, -0.15) is 0 Å². The molecule has 0 bridgehead atoms. The predicted molar refractivity (Wildman–Crippen MR) is 155 cm³/mol. The molecular formula is C27H28N4O3S3. The van der Waals surface area contributed by atoms with Gasteiger partial charge in [-0.1, -0.05) is 55.4 Å². The Hall–Kier alpha value is -2.63. The van der Waals surface area contributed by atoms with Gasteiger partial charge in [0.25, 0.3) is 5.91 Å². The molecule has 0 spiro atoms. The van der Waals surface area contributed by atoms with Crippen molar-refractivity contribution in [2.24, 2.45) is 4.99 Å². The second kappa shape index (κ2) is 11.4. The largest absolute Gasteiger partial charge is 0.302 e. The van der Waals surface area contributed by atoms with E-state index in [0.29, 0.717) is 17.1 Å². The van der Waals surface area contributed by atoms with Crippen LogP contribution >= 0.6 is 23.1 Å². The molecule has 2 atom stereocenters. The number of fused-ring (bicyclic) bond motifs is 1. The zero-order chi connectivity index (χ0) is 25.8. The zero-order valence-electron chi connectivity index (χ0n) is 20.4. The van der Waals surface area contributed by atoms with E-state index in [1.807, 2.05) is 30.3 Å². The van der Waals surface area contributed by atoms with Crippen LogP contribution in [-0.2, 0) is 14.8 Å². The van der Waals surface area contributed by atoms with E-state index >= 15 is 0 Å². The second-order valence-corrected chi connectivity index (χ2v) is 12.6. The first-order valence-corrected chi connectivity index (χ1v) is 15.6. The maximum Gasteiger partial charge on any atom is 0.256 e. The van der Waals surface area contributed by atoms with Crippen molar-refractivity contribution in [3.8, 4) is 11.1 Å². The number of thiophene rings is 1. The number of allylic oxidation sites excluding steroid dienone is 4. The summed E-state index contributed by atoms with van der Waals surface area (Å²) in [7, 11) is -3.32. The normalized spacial score (nSPS) is 19.8. The Balaban J connectivity index is 1.30. The van der Waals surface area contributed by atoms with Crippen LogP contribution in [0, 0.1) is 0 Å². The summed E-state index contributed by atoms with van der Waals surface area (Å²) >= 11 is 2.89. The first kappa shape index (κ1) is 26.0. The molecule has 3 heterocycles. The average molecular weight is 553 g/mol. The van der Waals surface area contributed by atoms with Gasteiger partial charge in [0.15, 0.2) is 9.99 Å². The summed E-state index contributed by atoms with van der Waals surface area (Å²) < 4.78 is 25.9. The third-order valence-corrected chi connectivity index (χ3v) is 10.4. The first-order valence-electron chi connectivity index (χ1n) is 12.3. The van der Waals surface area contributed by atoms with Crippen molar-refractivity contribution in [1.82, 2.24) is 14.3 Å². The minimum atomic E-state index is -3.32. The number of aliphatic imine (C=N–C) groups is 1. The molecule has 1 fully saturated rings. The van der Waals surface area contributed by atoms with Crippen molar-refractivity contribution >= 4 is 59.8 Å². The van der Waals surface area contributed by atoms with Crippen molar-refractivity contribution in [3.05, 3.63) is 66.3 Å². The maximum absolute atomic E-state index is 13.3. The number of rotatable bonds is 6. The van der Waals surface area contributed by atoms with Crippen LogP contribution in [0.1, 0.15) is 32.6 Å². The molecule has 3 aromatic rings. The van der Waals surface area contributed by atoms with Gasteiger partial charge in [0.1, 0.15) is 16.2 Å². The van der Waals surface area contributed by atoms with Crippen molar-refractivity contribution in [2.45, 2.75) is 43.7 Å². The summed E-state index contributed by atoms with van der Waals surface area (Å²) in [5, 5.41) is 3.76. The van der Waals surface area contributed by atoms with Crippen LogP contribution in [0.5, 0.6) is 0 Å². The predicted octanol–water partition coefficient (Wildman–Crippen LogP) is 5.65. The fourth-order valence-corrected chi connectivity index (χ4v) is 8.21. The number of hydrogen-bond donors (Lipinski definition) is 1. The molecule has 5 rings (SSSR count). The van der Waals surface area contributed by atoms with Gasteiger partial charge in [-0.15, -0.1) is 11.3 Å². The molecule has 192 valence electrons. The minimum Gasteiger partial charge on any atom is -0.302 e. The molecular weight excluding hydrogens is 525 g/mol. The Labute approximate surface area is 225 Å². The Morgan fingerprint density at radius 1 is 1.19 bits per heavy atom. The molecule has 10 heteroatoms. The fourth-order valence-electron chi connectivity index (χ4n) is 4.63. The molecule has 1 aliphatic carbocycles. The smallest absolute Gasteiger partial charge is 0.256 e. The van der Waals surface area contributed by atoms with Gasteiger partial charge in [-0.05, 0) is 49.1 Å². The number of carbonyl (C=O) groups excluding carboxylic acids is 1. The number of hydrogen-bond acceptors (Lipinski definition) is 6. The molecule has 7 nitrogen and oxygen atoms in total. The molecule has 1 amide bonds. The molecule has 0 saturated carbocycles. The Morgan fingerprint density at radius 2 is 1.97 bits per heavy atom. The Bertz CT molecular complexity index is 1500. The van der Waals surface area contributed by atoms with Crippen LogP contribution in [-0.4, -0.2) is 57.9 Å². The standard InChI is InChI=1S/C27H28N4O3S3/c1-2-21-10-6-7-15-31(21)37(33,34)22-13-11-20(12-14-22)30-24(32)17-36-27-25-23(19-8-4-3-5-9-19)16-35-26(25)28-18-29-27/h3-5,8-9,11-14,16,18,21H,2,6-7,10,15,17H2,1H3,(H,33,34)/t21-/m0/s1. The van der Waals surface area contributed by atoms with E-state index in [1.165, 1.54) is 18.1 Å². The lowest BCUT2D eigenvalue weighted by molar-refractivity contribution is -0.115. The fraction of sp³-hybridized carbons (Fsp3) is 0.296. The van der Waals surface area contributed by atoms with E-state index in [4.69, 9.17) is 0 Å². The number of piperidine rings is 1. The monoisotopic (exact) mass is 552 g/mol. The highest BCUT2D eigenvalue weighted by Crippen LogP contribution is 2.37. The van der Waals surface area contributed by atoms with E-state index in [0.717, 1.165) is 52.1 Å². The van der Waals surface area contributed by atoms with E-state index in [9.17, 15) is 13.6 Å². The van der Waals surface area contributed by atoms with Crippen LogP contribution in [0.3, 0.4) is 0 Å². The number of benzene rings is 1. The Morgan fingerprint density at radius 3 is 2.73 bits per heavy atom. The van der Waals surface area contributed by atoms with Crippen LogP contribution in [0.4, 0.5) is 0 Å². The van der Waals surface area contributed by atoms with Gasteiger partial charge in [0, 0.05) is 23.5 Å². The van der Waals surface area contributed by atoms with Gasteiger partial charge in [-0.25, -0.2) is 23.5 Å². The van der Waals surface area contributed by atoms with Crippen LogP contribution < -0.4 is 0 Å². The number of amides is 1. The lowest BCUT2D eigenvalue weighted by atomic mass is 10.0. The van der Waals surface area contributed by atoms with Crippen molar-refractivity contribution in [3.63, 3.8) is 0 Å². The lowest BCUT2D eigenvalue weighted by Crippen LogP contribution is -2.45. The summed E-state index contributed by atoms with van der Waals surface area (Å²) in [5.41, 5.74) is 2.59. The molecule has 1 aromatic carbocycles. The SMILES string of the molecule is CC[C@H]1CCCCN1S(=O)(O)=C1C=CC(=NC(=O)CSc2ncnc3scc(-c4ccccc4)c23)C=C1. The first-order chi connectivity index (χ1) is 18.0. The van der Waals surface area contributed by atoms with Gasteiger partial charge in [0.2, 0.25) is 0 Å².